The third-order valence-corrected chi connectivity index (χ3v) is 19.0. The van der Waals surface area contributed by atoms with E-state index in [1.807, 2.05) is 0 Å². The van der Waals surface area contributed by atoms with Gasteiger partial charge in [0.25, 0.3) is 0 Å². The van der Waals surface area contributed by atoms with Gasteiger partial charge in [-0.25, -0.2) is 0 Å². The summed E-state index contributed by atoms with van der Waals surface area (Å²) in [6.07, 6.45) is -9.35. The van der Waals surface area contributed by atoms with Crippen LogP contribution >= 0.6 is 0 Å². The van der Waals surface area contributed by atoms with Crippen LogP contribution in [0.5, 0.6) is 0 Å². The fraction of sp³-hybridized carbons (Fsp3) is 0.917. The molecule has 8 rings (SSSR count). The quantitative estimate of drug-likeness (QED) is 0.0939. The maximum Gasteiger partial charge on any atom is 0.310 e. The lowest BCUT2D eigenvalue weighted by molar-refractivity contribution is -0.379. The summed E-state index contributed by atoms with van der Waals surface area (Å²) in [4.78, 5) is 24.6. The van der Waals surface area contributed by atoms with Crippen molar-refractivity contribution in [1.82, 2.24) is 0 Å². The number of aliphatic hydroxyl groups excluding tert-OH is 7. The number of esters is 1. The Labute approximate surface area is 382 Å². The second-order valence-corrected chi connectivity index (χ2v) is 23.0. The number of carbonyl (C=O) groups excluding carboxylic acids is 1. The van der Waals surface area contributed by atoms with Gasteiger partial charge in [-0.2, -0.15) is 0 Å². The van der Waals surface area contributed by atoms with Crippen LogP contribution in [0.4, 0.5) is 0 Å². The number of ether oxygens (including phenoxy) is 7. The maximum absolute atomic E-state index is 13.1. The van der Waals surface area contributed by atoms with Gasteiger partial charge in [0.05, 0.1) is 37.4 Å². The molecule has 3 saturated heterocycles. The first-order valence-corrected chi connectivity index (χ1v) is 24.0. The van der Waals surface area contributed by atoms with Gasteiger partial charge in [0.15, 0.2) is 25.0 Å². The van der Waals surface area contributed by atoms with E-state index in [4.69, 9.17) is 33.2 Å². The third kappa shape index (κ3) is 7.96. The monoisotopic (exact) mass is 925 g/mol. The summed E-state index contributed by atoms with van der Waals surface area (Å²) in [6.45, 7) is 15.7. The van der Waals surface area contributed by atoms with Crippen LogP contribution in [-0.2, 0) is 42.7 Å². The van der Waals surface area contributed by atoms with Crippen molar-refractivity contribution in [1.29, 1.82) is 0 Å². The van der Waals surface area contributed by atoms with Crippen molar-refractivity contribution < 1.29 is 83.6 Å². The molecule has 0 radical (unpaired) electrons. The van der Waals surface area contributed by atoms with E-state index in [1.165, 1.54) is 12.5 Å². The number of allylic oxidation sites excluding steroid dienone is 2. The van der Waals surface area contributed by atoms with Gasteiger partial charge in [0.2, 0.25) is 0 Å². The number of carbonyl (C=O) groups is 2. The van der Waals surface area contributed by atoms with Gasteiger partial charge in [-0.3, -0.25) is 9.59 Å². The summed E-state index contributed by atoms with van der Waals surface area (Å²) >= 11 is 0. The molecule has 8 aliphatic rings. The summed E-state index contributed by atoms with van der Waals surface area (Å²) in [5.41, 5.74) is -0.577. The minimum absolute atomic E-state index is 0.000155. The molecule has 4 saturated carbocycles. The summed E-state index contributed by atoms with van der Waals surface area (Å²) in [6, 6.07) is 0. The summed E-state index contributed by atoms with van der Waals surface area (Å²) in [5, 5.41) is 88.5. The third-order valence-electron chi connectivity index (χ3n) is 19.0. The zero-order valence-corrected chi connectivity index (χ0v) is 39.3. The van der Waals surface area contributed by atoms with Crippen LogP contribution in [0.2, 0.25) is 0 Å². The second kappa shape index (κ2) is 17.5. The molecule has 0 bridgehead atoms. The number of hydrogen-bond donors (Lipinski definition) is 8. The van der Waals surface area contributed by atoms with E-state index in [1.54, 1.807) is 0 Å². The smallest absolute Gasteiger partial charge is 0.310 e. The molecule has 370 valence electrons. The largest absolute Gasteiger partial charge is 0.481 e. The number of carboxylic acids is 1. The Balaban J connectivity index is 1.00. The standard InChI is InChI=1S/C48H76O17/c1-23-32(52)37(64-39-35(55)34(54)28(21-60-39)62-24(2)50)36(56)40(61-23)65-38-33(53)27(51)20-59-41(38)63-31-12-13-44(5)29(45(31,6)22-49)11-14-47(8)30(44)10-9-25-26-19-43(3,4)15-17-48(26,42(57)58)18-16-46(25,47)7/h9,23,26-41,49,51-56H,10-22H2,1-8H3,(H,57,58)/t23-,26-,27-,28+,29+,30+,31-,32-,33-,34-,35+,36+,37+,38+,39-,40-,41-,44-,45-,46+,47+,48-/m0/s1. The first-order chi connectivity index (χ1) is 30.4. The first kappa shape index (κ1) is 49.6. The van der Waals surface area contributed by atoms with E-state index >= 15 is 0 Å². The first-order valence-electron chi connectivity index (χ1n) is 24.0. The zero-order valence-electron chi connectivity index (χ0n) is 39.3. The Kier molecular flexibility index (Phi) is 13.4. The molecule has 22 atom stereocenters. The molecule has 0 amide bonds. The molecule has 0 unspecified atom stereocenters. The lowest BCUT2D eigenvalue weighted by atomic mass is 9.33. The van der Waals surface area contributed by atoms with Crippen molar-refractivity contribution in [3.63, 3.8) is 0 Å². The highest BCUT2D eigenvalue weighted by atomic mass is 16.8. The number of aliphatic hydroxyl groups is 7. The molecule has 17 heteroatoms. The highest BCUT2D eigenvalue weighted by Crippen LogP contribution is 2.76. The maximum atomic E-state index is 13.1. The van der Waals surface area contributed by atoms with E-state index in [9.17, 15) is 50.4 Å². The molecular formula is C48H76O17. The minimum Gasteiger partial charge on any atom is -0.481 e. The predicted molar refractivity (Wildman–Crippen MR) is 228 cm³/mol. The number of hydrogen-bond acceptors (Lipinski definition) is 16. The van der Waals surface area contributed by atoms with Crippen LogP contribution in [0, 0.1) is 50.2 Å². The van der Waals surface area contributed by atoms with E-state index in [-0.39, 0.29) is 59.2 Å². The van der Waals surface area contributed by atoms with Gasteiger partial charge >= 0.3 is 11.9 Å². The summed E-state index contributed by atoms with van der Waals surface area (Å²) in [7, 11) is 0. The van der Waals surface area contributed by atoms with E-state index < -0.39 is 109 Å². The molecule has 3 heterocycles. The molecule has 5 aliphatic carbocycles. The Morgan fingerprint density at radius 3 is 2.09 bits per heavy atom. The van der Waals surface area contributed by atoms with Crippen molar-refractivity contribution in [2.45, 2.75) is 206 Å². The van der Waals surface area contributed by atoms with Crippen molar-refractivity contribution in [2.75, 3.05) is 19.8 Å². The second-order valence-electron chi connectivity index (χ2n) is 23.0. The number of rotatable bonds is 9. The van der Waals surface area contributed by atoms with Crippen LogP contribution in [0.1, 0.15) is 120 Å². The molecule has 7 fully saturated rings. The molecule has 0 aromatic carbocycles. The molecule has 8 N–H and O–H groups in total. The van der Waals surface area contributed by atoms with Crippen molar-refractivity contribution >= 4 is 11.9 Å². The van der Waals surface area contributed by atoms with E-state index in [0.717, 1.165) is 51.9 Å². The van der Waals surface area contributed by atoms with Crippen molar-refractivity contribution in [3.05, 3.63) is 11.6 Å². The Bertz CT molecular complexity index is 1810. The van der Waals surface area contributed by atoms with Crippen LogP contribution in [0.15, 0.2) is 11.6 Å². The zero-order chi connectivity index (χ0) is 47.4. The molecule has 17 nitrogen and oxygen atoms in total. The van der Waals surface area contributed by atoms with Gasteiger partial charge in [-0.05, 0) is 111 Å². The number of fused-ring (bicyclic) bond motifs is 7. The number of aliphatic carboxylic acids is 1. The van der Waals surface area contributed by atoms with Gasteiger partial charge < -0.3 is 74.0 Å². The van der Waals surface area contributed by atoms with Gasteiger partial charge in [-0.15, -0.1) is 0 Å². The topological polar surface area (TPSA) is 261 Å². The predicted octanol–water partition coefficient (Wildman–Crippen LogP) is 2.56. The molecular weight excluding hydrogens is 849 g/mol. The normalized spacial score (nSPS) is 53.0. The van der Waals surface area contributed by atoms with Gasteiger partial charge in [0.1, 0.15) is 48.8 Å². The van der Waals surface area contributed by atoms with Crippen LogP contribution in [0.3, 0.4) is 0 Å². The van der Waals surface area contributed by atoms with E-state index in [0.29, 0.717) is 19.3 Å². The SMILES string of the molecule is CC(=O)O[C@@H]1CO[C@@H](O[C@@H]2[C@@H](O)[C@H](C)O[C@@H](O[C@H]3[C@H](O[C@H]4CC[C@@]5(C)[C@@H](CC[C@]6(C)[C@@H]5CC=C5[C@@H]7CC(C)(C)CC[C@]7(C(=O)O)CC[C@]56C)[C@]4(C)CO)OC[C@H](O)[C@@H]3O)[C@@H]2O)[C@H](O)[C@H]1O. The Morgan fingerprint density at radius 2 is 1.42 bits per heavy atom. The van der Waals surface area contributed by atoms with Gasteiger partial charge in [-0.1, -0.05) is 53.2 Å². The lowest BCUT2D eigenvalue weighted by Crippen LogP contribution is -2.67. The van der Waals surface area contributed by atoms with Crippen LogP contribution < -0.4 is 0 Å². The molecule has 65 heavy (non-hydrogen) atoms. The number of carboxylic acid groups (broad SMARTS) is 1. The molecule has 3 aliphatic heterocycles. The highest BCUT2D eigenvalue weighted by Gasteiger charge is 2.70. The fourth-order valence-electron chi connectivity index (χ4n) is 14.8. The summed E-state index contributed by atoms with van der Waals surface area (Å²) < 4.78 is 41.4. The molecule has 0 spiro atoms. The average molecular weight is 925 g/mol. The highest BCUT2D eigenvalue weighted by molar-refractivity contribution is 5.76. The van der Waals surface area contributed by atoms with E-state index in [2.05, 4.69) is 47.6 Å². The molecule has 0 aromatic rings. The summed E-state index contributed by atoms with van der Waals surface area (Å²) in [5.74, 6) is -1.06. The van der Waals surface area contributed by atoms with Crippen molar-refractivity contribution in [2.24, 2.45) is 50.2 Å². The van der Waals surface area contributed by atoms with Crippen LogP contribution in [0.25, 0.3) is 0 Å². The Hall–Kier alpha value is -1.84. The lowest BCUT2D eigenvalue weighted by Gasteiger charge is -2.71. The minimum atomic E-state index is -1.76. The fourth-order valence-corrected chi connectivity index (χ4v) is 14.8. The van der Waals surface area contributed by atoms with Gasteiger partial charge in [0, 0.05) is 12.3 Å². The Morgan fingerprint density at radius 1 is 0.738 bits per heavy atom. The molecule has 0 aromatic heterocycles. The van der Waals surface area contributed by atoms with Crippen LogP contribution in [-0.4, -0.2) is 159 Å². The average Bonchev–Trinajstić information content (AvgIpc) is 3.24. The van der Waals surface area contributed by atoms with Crippen molar-refractivity contribution in [3.8, 4) is 0 Å².